The molecular weight excluding hydrogens is 434 g/mol. The molecule has 3 aromatic rings. The van der Waals surface area contributed by atoms with Gasteiger partial charge in [-0.2, -0.15) is 0 Å². The van der Waals surface area contributed by atoms with Crippen molar-refractivity contribution in [2.24, 2.45) is 0 Å². The van der Waals surface area contributed by atoms with Gasteiger partial charge >= 0.3 is 0 Å². The Morgan fingerprint density at radius 1 is 1.13 bits per heavy atom. The number of aromatic nitrogens is 1. The molecule has 9 heteroatoms. The molecule has 1 aromatic heterocycles. The van der Waals surface area contributed by atoms with E-state index in [-0.39, 0.29) is 16.6 Å². The second-order valence-electron chi connectivity index (χ2n) is 7.42. The number of rotatable bonds is 7. The van der Waals surface area contributed by atoms with Crippen molar-refractivity contribution in [2.45, 2.75) is 38.5 Å². The van der Waals surface area contributed by atoms with E-state index in [1.807, 2.05) is 51.3 Å². The van der Waals surface area contributed by atoms with Gasteiger partial charge in [-0.3, -0.25) is 9.52 Å². The van der Waals surface area contributed by atoms with E-state index in [1.165, 1.54) is 30.6 Å². The molecule has 0 aliphatic heterocycles. The van der Waals surface area contributed by atoms with Crippen molar-refractivity contribution in [3.8, 4) is 5.75 Å². The number of benzene rings is 2. The van der Waals surface area contributed by atoms with Gasteiger partial charge in [0.1, 0.15) is 10.6 Å². The van der Waals surface area contributed by atoms with Crippen LogP contribution in [0.2, 0.25) is 0 Å². The lowest BCUT2D eigenvalue weighted by atomic mass is 10.1. The van der Waals surface area contributed by atoms with Crippen LogP contribution in [0.15, 0.2) is 46.7 Å². The van der Waals surface area contributed by atoms with Crippen molar-refractivity contribution in [2.75, 3.05) is 17.1 Å². The van der Waals surface area contributed by atoms with E-state index in [0.717, 1.165) is 16.8 Å². The minimum Gasteiger partial charge on any atom is -0.495 e. The first kappa shape index (κ1) is 22.8. The number of carbonyl (C=O) groups is 1. The molecule has 0 aliphatic rings. The quantitative estimate of drug-likeness (QED) is 0.521. The maximum atomic E-state index is 13.2. The molecule has 164 valence electrons. The fourth-order valence-electron chi connectivity index (χ4n) is 2.97. The van der Waals surface area contributed by atoms with E-state index in [2.05, 4.69) is 15.0 Å². The Morgan fingerprint density at radius 3 is 2.39 bits per heavy atom. The number of nitrogens with zero attached hydrogens (tertiary/aromatic N) is 1. The number of amides is 1. The lowest BCUT2D eigenvalue weighted by Gasteiger charge is -2.16. The van der Waals surface area contributed by atoms with Crippen molar-refractivity contribution >= 4 is 38.6 Å². The number of sulfonamides is 1. The summed E-state index contributed by atoms with van der Waals surface area (Å²) in [6.07, 6.45) is 0. The van der Waals surface area contributed by atoms with Crippen molar-refractivity contribution in [3.63, 3.8) is 0 Å². The molecule has 1 heterocycles. The molecule has 2 aromatic carbocycles. The van der Waals surface area contributed by atoms with E-state index in [1.54, 1.807) is 6.07 Å². The molecule has 0 unspecified atom stereocenters. The van der Waals surface area contributed by atoms with Crippen LogP contribution in [-0.4, -0.2) is 26.4 Å². The molecule has 0 radical (unpaired) electrons. The fourth-order valence-corrected chi connectivity index (χ4v) is 5.24. The fraction of sp³-hybridized carbons (Fsp3) is 0.273. The van der Waals surface area contributed by atoms with E-state index in [0.29, 0.717) is 16.4 Å². The minimum atomic E-state index is -3.97. The molecule has 0 aliphatic carbocycles. The molecule has 0 atom stereocenters. The molecule has 31 heavy (non-hydrogen) atoms. The molecule has 0 saturated carbocycles. The highest BCUT2D eigenvalue weighted by atomic mass is 32.2. The Balaban J connectivity index is 1.91. The van der Waals surface area contributed by atoms with Gasteiger partial charge in [-0.15, -0.1) is 11.3 Å². The van der Waals surface area contributed by atoms with E-state index < -0.39 is 15.9 Å². The second-order valence-corrected chi connectivity index (χ2v) is 9.93. The third kappa shape index (κ3) is 5.05. The van der Waals surface area contributed by atoms with Crippen LogP contribution >= 0.6 is 11.3 Å². The third-order valence-electron chi connectivity index (χ3n) is 4.74. The number of methoxy groups -OCH3 is 1. The highest BCUT2D eigenvalue weighted by molar-refractivity contribution is 7.92. The number of ether oxygens (including phenoxy) is 1. The van der Waals surface area contributed by atoms with Crippen LogP contribution in [0.3, 0.4) is 0 Å². The van der Waals surface area contributed by atoms with Crippen LogP contribution in [0.1, 0.15) is 46.4 Å². The monoisotopic (exact) mass is 459 g/mol. The minimum absolute atomic E-state index is 0.0718. The molecule has 0 spiro atoms. The number of anilines is 2. The zero-order valence-corrected chi connectivity index (χ0v) is 19.6. The highest BCUT2D eigenvalue weighted by Gasteiger charge is 2.23. The number of thiazole rings is 1. The van der Waals surface area contributed by atoms with Gasteiger partial charge in [-0.05, 0) is 49.1 Å². The zero-order valence-electron chi connectivity index (χ0n) is 18.0. The second kappa shape index (κ2) is 9.07. The summed E-state index contributed by atoms with van der Waals surface area (Å²) in [7, 11) is -2.57. The summed E-state index contributed by atoms with van der Waals surface area (Å²) in [5.41, 5.74) is 3.29. The molecule has 3 rings (SSSR count). The van der Waals surface area contributed by atoms with Gasteiger partial charge < -0.3 is 10.1 Å². The standard InChI is InChI=1S/C22H25N3O4S2/c1-13(2)17-12-30-22(24-17)21(26)23-16-9-10-18(29-5)19(11-16)31(27,28)25-20-14(3)7-6-8-15(20)4/h6-13,25H,1-5H3,(H,23,26). The number of aryl methyl sites for hydroxylation is 2. The van der Waals surface area contributed by atoms with Gasteiger partial charge in [0.2, 0.25) is 0 Å². The highest BCUT2D eigenvalue weighted by Crippen LogP contribution is 2.31. The van der Waals surface area contributed by atoms with E-state index in [9.17, 15) is 13.2 Å². The molecule has 0 fully saturated rings. The van der Waals surface area contributed by atoms with Crippen LogP contribution in [0.25, 0.3) is 0 Å². The lowest BCUT2D eigenvalue weighted by Crippen LogP contribution is -2.17. The Labute approximate surface area is 186 Å². The number of hydrogen-bond donors (Lipinski definition) is 2. The smallest absolute Gasteiger partial charge is 0.284 e. The molecule has 1 amide bonds. The van der Waals surface area contributed by atoms with Crippen LogP contribution in [0.5, 0.6) is 5.75 Å². The zero-order chi connectivity index (χ0) is 22.8. The Kier molecular flexibility index (Phi) is 6.66. The van der Waals surface area contributed by atoms with Crippen molar-refractivity contribution < 1.29 is 17.9 Å². The molecule has 2 N–H and O–H groups in total. The first-order valence-corrected chi connectivity index (χ1v) is 12.0. The maximum absolute atomic E-state index is 13.2. The van der Waals surface area contributed by atoms with Crippen molar-refractivity contribution in [1.29, 1.82) is 0 Å². The molecule has 7 nitrogen and oxygen atoms in total. The number of para-hydroxylation sites is 1. The van der Waals surface area contributed by atoms with Crippen molar-refractivity contribution in [3.05, 3.63) is 63.6 Å². The van der Waals surface area contributed by atoms with Gasteiger partial charge in [-0.25, -0.2) is 13.4 Å². The molecule has 0 saturated heterocycles. The summed E-state index contributed by atoms with van der Waals surface area (Å²) in [4.78, 5) is 16.9. The van der Waals surface area contributed by atoms with Gasteiger partial charge in [0.25, 0.3) is 15.9 Å². The molecule has 0 bridgehead atoms. The van der Waals surface area contributed by atoms with Crippen LogP contribution in [-0.2, 0) is 10.0 Å². The predicted molar refractivity (Wildman–Crippen MR) is 124 cm³/mol. The van der Waals surface area contributed by atoms with Gasteiger partial charge in [0.15, 0.2) is 5.01 Å². The number of carbonyl (C=O) groups excluding carboxylic acids is 1. The first-order chi connectivity index (χ1) is 14.6. The number of nitrogens with one attached hydrogen (secondary N) is 2. The summed E-state index contributed by atoms with van der Waals surface area (Å²) in [6, 6.07) is 10.0. The number of hydrogen-bond acceptors (Lipinski definition) is 6. The summed E-state index contributed by atoms with van der Waals surface area (Å²) in [5, 5.41) is 4.88. The van der Waals surface area contributed by atoms with Gasteiger partial charge in [-0.1, -0.05) is 32.0 Å². The van der Waals surface area contributed by atoms with Crippen LogP contribution in [0, 0.1) is 13.8 Å². The SMILES string of the molecule is COc1ccc(NC(=O)c2nc(C(C)C)cs2)cc1S(=O)(=O)Nc1c(C)cccc1C. The average molecular weight is 460 g/mol. The van der Waals surface area contributed by atoms with E-state index >= 15 is 0 Å². The van der Waals surface area contributed by atoms with Crippen LogP contribution < -0.4 is 14.8 Å². The first-order valence-electron chi connectivity index (χ1n) is 9.66. The molecular formula is C22H25N3O4S2. The topological polar surface area (TPSA) is 97.4 Å². The summed E-state index contributed by atoms with van der Waals surface area (Å²) in [6.45, 7) is 7.66. The Hall–Kier alpha value is -2.91. The van der Waals surface area contributed by atoms with Gasteiger partial charge in [0, 0.05) is 11.1 Å². The Morgan fingerprint density at radius 2 is 1.81 bits per heavy atom. The summed E-state index contributed by atoms with van der Waals surface area (Å²) in [5.74, 6) is -0.00675. The lowest BCUT2D eigenvalue weighted by molar-refractivity contribution is 0.102. The largest absolute Gasteiger partial charge is 0.495 e. The summed E-state index contributed by atoms with van der Waals surface area (Å²) >= 11 is 1.25. The third-order valence-corrected chi connectivity index (χ3v) is 6.97. The summed E-state index contributed by atoms with van der Waals surface area (Å²) < 4.78 is 34.2. The maximum Gasteiger partial charge on any atom is 0.284 e. The average Bonchev–Trinajstić information content (AvgIpc) is 3.22. The van der Waals surface area contributed by atoms with Gasteiger partial charge in [0.05, 0.1) is 18.5 Å². The predicted octanol–water partition coefficient (Wildman–Crippen LogP) is 4.95. The van der Waals surface area contributed by atoms with Crippen LogP contribution in [0.4, 0.5) is 11.4 Å². The Bertz CT molecular complexity index is 1200. The normalized spacial score (nSPS) is 11.4. The van der Waals surface area contributed by atoms with E-state index in [4.69, 9.17) is 4.74 Å². The van der Waals surface area contributed by atoms with Crippen molar-refractivity contribution in [1.82, 2.24) is 4.98 Å².